The van der Waals surface area contributed by atoms with Crippen LogP contribution in [0, 0.1) is 16.7 Å². The first-order chi connectivity index (χ1) is 34.6. The zero-order valence-corrected chi connectivity index (χ0v) is 48.1. The zero-order chi connectivity index (χ0) is 53.0. The molecule has 4 amide bonds. The van der Waals surface area contributed by atoms with E-state index in [1.54, 1.807) is 118 Å². The van der Waals surface area contributed by atoms with Crippen molar-refractivity contribution in [1.29, 1.82) is 10.7 Å². The summed E-state index contributed by atoms with van der Waals surface area (Å²) >= 11 is 11.6. The number of methoxy groups -OCH3 is 2. The standard InChI is InChI=1S/C23H22ClN5O3.C21H15ClN4O3.C4H8O.C2H7N.C2H6N.CH4.ClH.FH.HI.Li/c1-29(2)21(25)14-4-6-15(7-5-14)22(30)27-19-10-9-17(32-3)12-18(19)23(31)28-20-11-8-16(24)13-26-20;1-29-16-7-8-18(25-20(27)14-4-2-13(11-23)3-5-14)17(10-16)21(28)26-19-9-6-15(22)12-24-19;1-2-4-5-3-1;2*1-3-2;;;;;/h4-13,25H,1-3H3,(H,27,30)(H,26,28,31);2-10,12H,1H3,(H,25,27)(H,24,26,28);1-4H2;3H,1-2H3;1-2H3;1H4;3*1H;/q;;;;-1;;;;;+1. The Labute approximate surface area is 495 Å². The van der Waals surface area contributed by atoms with Crippen LogP contribution in [0.1, 0.15) is 72.8 Å². The Hall–Kier alpha value is -6.37. The molecule has 1 aliphatic heterocycles. The molecule has 0 atom stereocenters. The Morgan fingerprint density at radius 3 is 1.32 bits per heavy atom. The summed E-state index contributed by atoms with van der Waals surface area (Å²) in [4.78, 5) is 60.7. The first-order valence-electron chi connectivity index (χ1n) is 22.0. The minimum Gasteiger partial charge on any atom is -0.668 e. The molecule has 0 saturated carbocycles. The van der Waals surface area contributed by atoms with E-state index in [0.717, 1.165) is 13.2 Å². The number of nitriles is 1. The molecule has 7 rings (SSSR count). The summed E-state index contributed by atoms with van der Waals surface area (Å²) in [5, 5.41) is 34.8. The molecule has 1 fully saturated rings. The average molecular weight is 1230 g/mol. The maximum Gasteiger partial charge on any atom is 1.00 e. The maximum atomic E-state index is 12.9. The Kier molecular flexibility index (Phi) is 39.7. The number of amides is 4. The van der Waals surface area contributed by atoms with Crippen molar-refractivity contribution in [2.24, 2.45) is 0 Å². The fourth-order valence-electron chi connectivity index (χ4n) is 5.79. The Bertz CT molecular complexity index is 2750. The van der Waals surface area contributed by atoms with Crippen LogP contribution in [0.2, 0.25) is 10.0 Å². The summed E-state index contributed by atoms with van der Waals surface area (Å²) in [5.41, 5.74) is 2.89. The topological polar surface area (TPSA) is 247 Å². The van der Waals surface area contributed by atoms with Gasteiger partial charge in [-0.25, -0.2) is 9.97 Å². The van der Waals surface area contributed by atoms with Gasteiger partial charge in [-0.15, -0.1) is 36.4 Å². The molecular weight excluding hydrogens is 1160 g/mol. The maximum absolute atomic E-state index is 12.9. The second-order valence-corrected chi connectivity index (χ2v) is 16.0. The fraction of sp³-hybridized carbons (Fsp3) is 0.245. The number of hydrogen-bond donors (Lipinski definition) is 6. The van der Waals surface area contributed by atoms with E-state index in [2.05, 4.69) is 41.9 Å². The van der Waals surface area contributed by atoms with E-state index in [9.17, 15) is 19.2 Å². The number of carbonyl (C=O) groups excluding carboxylic acids is 4. The van der Waals surface area contributed by atoms with Gasteiger partial charge in [0.2, 0.25) is 0 Å². The van der Waals surface area contributed by atoms with Crippen LogP contribution in [-0.4, -0.2) is 114 Å². The van der Waals surface area contributed by atoms with Gasteiger partial charge in [0.15, 0.2) is 0 Å². The molecule has 0 radical (unpaired) electrons. The van der Waals surface area contributed by atoms with Gasteiger partial charge in [0.25, 0.3) is 23.6 Å². The molecule has 1 aliphatic rings. The van der Waals surface area contributed by atoms with Gasteiger partial charge in [0.1, 0.15) is 29.0 Å². The Morgan fingerprint density at radius 2 is 1.03 bits per heavy atom. The van der Waals surface area contributed by atoms with Gasteiger partial charge in [-0.05, 0) is 124 Å². The van der Waals surface area contributed by atoms with Crippen LogP contribution in [-0.2, 0) is 4.74 Å². The molecule has 18 nitrogen and oxygen atoms in total. The smallest absolute Gasteiger partial charge is 0.668 e. The molecular formula is C53H65Cl3FILiN11O7. The minimum absolute atomic E-state index is 0. The summed E-state index contributed by atoms with van der Waals surface area (Å²) in [6.45, 7) is 2.00. The SMILES string of the molecule is C.C1CCOC1.CNC.COc1ccc(NC(=O)c2ccc(C#N)cc2)c(C(=O)Nc2ccc(Cl)cn2)c1.COc1ccc(NC(=O)c2ccc(C(=N)N(C)C)cc2)c(C(=O)Nc2ccc(Cl)cn2)c1.C[N-]C.Cl.F.I.[Li+]. The van der Waals surface area contributed by atoms with Crippen LogP contribution in [0.25, 0.3) is 5.32 Å². The molecule has 6 aromatic rings. The van der Waals surface area contributed by atoms with Crippen LogP contribution >= 0.6 is 59.6 Å². The molecule has 0 aliphatic carbocycles. The molecule has 2 aromatic heterocycles. The third-order valence-electron chi connectivity index (χ3n) is 9.35. The number of ether oxygens (including phenoxy) is 3. The number of nitrogens with one attached hydrogen (secondary N) is 6. The zero-order valence-electron chi connectivity index (χ0n) is 43.4. The van der Waals surface area contributed by atoms with Crippen molar-refractivity contribution in [2.75, 3.05) is 91.0 Å². The molecule has 0 bridgehead atoms. The fourth-order valence-corrected chi connectivity index (χ4v) is 6.02. The van der Waals surface area contributed by atoms with E-state index in [1.165, 1.54) is 63.7 Å². The molecule has 1 saturated heterocycles. The van der Waals surface area contributed by atoms with Gasteiger partial charge >= 0.3 is 18.9 Å². The van der Waals surface area contributed by atoms with Gasteiger partial charge in [0.05, 0.1) is 58.4 Å². The van der Waals surface area contributed by atoms with Gasteiger partial charge < -0.3 is 51.0 Å². The van der Waals surface area contributed by atoms with Crippen molar-refractivity contribution < 1.29 is 57.0 Å². The number of pyridine rings is 2. The molecule has 410 valence electrons. The quantitative estimate of drug-likeness (QED) is 0.0310. The van der Waals surface area contributed by atoms with Crippen LogP contribution < -0.4 is 54.9 Å². The van der Waals surface area contributed by atoms with Crippen molar-refractivity contribution in [2.45, 2.75) is 20.3 Å². The van der Waals surface area contributed by atoms with E-state index >= 15 is 0 Å². The van der Waals surface area contributed by atoms with Crippen LogP contribution in [0.15, 0.2) is 122 Å². The number of benzene rings is 4. The minimum atomic E-state index is -0.478. The van der Waals surface area contributed by atoms with Gasteiger partial charge in [0, 0.05) is 56.4 Å². The molecule has 4 aromatic carbocycles. The number of rotatable bonds is 11. The number of hydrogen-bond acceptors (Lipinski definition) is 12. The van der Waals surface area contributed by atoms with E-state index in [1.807, 2.05) is 20.2 Å². The summed E-state index contributed by atoms with van der Waals surface area (Å²) < 4.78 is 15.3. The molecule has 3 heterocycles. The molecule has 77 heavy (non-hydrogen) atoms. The second kappa shape index (κ2) is 40.8. The number of aromatic nitrogens is 2. The van der Waals surface area contributed by atoms with Crippen LogP contribution in [0.3, 0.4) is 0 Å². The summed E-state index contributed by atoms with van der Waals surface area (Å²) in [6.07, 6.45) is 5.39. The normalized spacial score (nSPS) is 10.0. The van der Waals surface area contributed by atoms with Crippen molar-refractivity contribution in [3.8, 4) is 17.6 Å². The molecule has 0 unspecified atom stereocenters. The average Bonchev–Trinajstić information content (AvgIpc) is 3.99. The van der Waals surface area contributed by atoms with Gasteiger partial charge in [-0.1, -0.05) is 42.8 Å². The largest absolute Gasteiger partial charge is 1.00 e. The predicted molar refractivity (Wildman–Crippen MR) is 317 cm³/mol. The van der Waals surface area contributed by atoms with Crippen molar-refractivity contribution in [3.05, 3.63) is 170 Å². The predicted octanol–water partition coefficient (Wildman–Crippen LogP) is 8.34. The Balaban J connectivity index is -0.00000113. The van der Waals surface area contributed by atoms with E-state index in [4.69, 9.17) is 48.1 Å². The Morgan fingerprint density at radius 1 is 0.662 bits per heavy atom. The number of carbonyl (C=O) groups is 4. The molecule has 6 N–H and O–H groups in total. The van der Waals surface area contributed by atoms with E-state index < -0.39 is 23.6 Å². The third-order valence-corrected chi connectivity index (χ3v) is 9.80. The molecule has 24 heteroatoms. The number of nitrogens with zero attached hydrogens (tertiary/aromatic N) is 5. The van der Waals surface area contributed by atoms with Gasteiger partial charge in [-0.3, -0.25) is 29.3 Å². The van der Waals surface area contributed by atoms with E-state index in [0.29, 0.717) is 72.6 Å². The van der Waals surface area contributed by atoms with Gasteiger partial charge in [-0.2, -0.15) is 19.4 Å². The third kappa shape index (κ3) is 26.0. The summed E-state index contributed by atoms with van der Waals surface area (Å²) in [5.74, 6) is 0.124. The van der Waals surface area contributed by atoms with Crippen molar-refractivity contribution >= 4 is 112 Å². The second-order valence-electron chi connectivity index (χ2n) is 15.1. The summed E-state index contributed by atoms with van der Waals surface area (Å²) in [6, 6.07) is 30.7. The number of halogens is 5. The van der Waals surface area contributed by atoms with Crippen molar-refractivity contribution in [1.82, 2.24) is 20.2 Å². The molecule has 0 spiro atoms. The first kappa shape index (κ1) is 74.9. The number of amidine groups is 1. The monoisotopic (exact) mass is 1230 g/mol. The van der Waals surface area contributed by atoms with E-state index in [-0.39, 0.29) is 78.5 Å². The first-order valence-corrected chi connectivity index (χ1v) is 22.7. The van der Waals surface area contributed by atoms with Crippen LogP contribution in [0.4, 0.5) is 27.7 Å². The van der Waals surface area contributed by atoms with Crippen molar-refractivity contribution in [3.63, 3.8) is 0 Å². The number of anilines is 4. The van der Waals surface area contributed by atoms with Crippen LogP contribution in [0.5, 0.6) is 11.5 Å². The summed E-state index contributed by atoms with van der Waals surface area (Å²) in [7, 11) is 13.8.